The topological polar surface area (TPSA) is 91.4 Å². The summed E-state index contributed by atoms with van der Waals surface area (Å²) in [6.45, 7) is 3.95. The molecular formula is C24H22F4N4O4. The quantitative estimate of drug-likeness (QED) is 0.367. The average molecular weight is 506 g/mol. The highest BCUT2D eigenvalue weighted by Crippen LogP contribution is 2.39. The summed E-state index contributed by atoms with van der Waals surface area (Å²) in [6, 6.07) is 8.33. The van der Waals surface area contributed by atoms with Crippen LogP contribution in [0.2, 0.25) is 0 Å². The van der Waals surface area contributed by atoms with E-state index in [1.165, 1.54) is 41.1 Å². The Morgan fingerprint density at radius 1 is 1.14 bits per heavy atom. The van der Waals surface area contributed by atoms with Gasteiger partial charge in [-0.15, -0.1) is 5.10 Å². The van der Waals surface area contributed by atoms with Crippen LogP contribution in [0, 0.1) is 12.7 Å². The van der Waals surface area contributed by atoms with Crippen LogP contribution in [0.3, 0.4) is 0 Å². The van der Waals surface area contributed by atoms with E-state index in [1.807, 2.05) is 0 Å². The number of nitrogens with zero attached hydrogens (tertiary/aromatic N) is 4. The minimum Gasteiger partial charge on any atom is -0.480 e. The van der Waals surface area contributed by atoms with Crippen molar-refractivity contribution in [3.05, 3.63) is 70.3 Å². The van der Waals surface area contributed by atoms with Crippen molar-refractivity contribution in [3.63, 3.8) is 0 Å². The summed E-state index contributed by atoms with van der Waals surface area (Å²) in [5.74, 6) is -1.25. The second-order valence-corrected chi connectivity index (χ2v) is 8.01. The van der Waals surface area contributed by atoms with Crippen LogP contribution in [0.15, 0.2) is 47.4 Å². The van der Waals surface area contributed by atoms with Crippen LogP contribution in [-0.2, 0) is 13.2 Å². The molecule has 2 aromatic carbocycles. The van der Waals surface area contributed by atoms with Gasteiger partial charge >= 0.3 is 11.9 Å². The summed E-state index contributed by atoms with van der Waals surface area (Å²) in [4.78, 5) is 16.9. The SMILES string of the molecule is CCn1c(CO)nn(-c2cc(OC(C)C(F)(F)F)c3c(Oc4cc(C)ccc4F)nccc3c2)c1=O. The predicted octanol–water partition coefficient (Wildman–Crippen LogP) is 4.66. The Bertz CT molecular complexity index is 1480. The number of aliphatic hydroxyl groups is 1. The molecule has 0 spiro atoms. The van der Waals surface area contributed by atoms with Crippen LogP contribution in [0.5, 0.6) is 17.4 Å². The summed E-state index contributed by atoms with van der Waals surface area (Å²) >= 11 is 0. The molecule has 4 rings (SSSR count). The molecule has 0 bridgehead atoms. The molecule has 0 radical (unpaired) electrons. The molecule has 0 fully saturated rings. The lowest BCUT2D eigenvalue weighted by Gasteiger charge is -2.20. The van der Waals surface area contributed by atoms with Crippen molar-refractivity contribution < 1.29 is 32.1 Å². The van der Waals surface area contributed by atoms with E-state index in [-0.39, 0.29) is 40.8 Å². The summed E-state index contributed by atoms with van der Waals surface area (Å²) in [6.07, 6.45) is -5.59. The normalized spacial score (nSPS) is 12.7. The van der Waals surface area contributed by atoms with Gasteiger partial charge in [0.2, 0.25) is 5.88 Å². The average Bonchev–Trinajstić information content (AvgIpc) is 3.16. The number of aromatic nitrogens is 4. The van der Waals surface area contributed by atoms with E-state index in [0.717, 1.165) is 11.6 Å². The molecule has 0 saturated carbocycles. The van der Waals surface area contributed by atoms with Gasteiger partial charge in [0.1, 0.15) is 12.4 Å². The van der Waals surface area contributed by atoms with Crippen molar-refractivity contribution in [1.29, 1.82) is 0 Å². The summed E-state index contributed by atoms with van der Waals surface area (Å²) in [7, 11) is 0. The van der Waals surface area contributed by atoms with Gasteiger partial charge in [-0.05, 0) is 56.0 Å². The minimum absolute atomic E-state index is 0.0450. The Kier molecular flexibility index (Phi) is 6.72. The molecule has 190 valence electrons. The second-order valence-electron chi connectivity index (χ2n) is 8.01. The minimum atomic E-state index is -4.70. The van der Waals surface area contributed by atoms with Crippen LogP contribution in [0.1, 0.15) is 25.2 Å². The standard InChI is InChI=1S/C24H22F4N4O4/c1-4-31-20(12-33)30-32(23(31)34)16-10-15-7-8-29-22(36-18-9-13(2)5-6-17(18)25)21(15)19(11-16)35-14(3)24(26,27)28/h5-11,14,33H,4,12H2,1-3H3. The molecule has 2 aromatic heterocycles. The lowest BCUT2D eigenvalue weighted by atomic mass is 10.1. The van der Waals surface area contributed by atoms with Crippen LogP contribution >= 0.6 is 0 Å². The van der Waals surface area contributed by atoms with E-state index in [0.29, 0.717) is 10.9 Å². The van der Waals surface area contributed by atoms with Crippen molar-refractivity contribution in [1.82, 2.24) is 19.3 Å². The number of aliphatic hydroxyl groups excluding tert-OH is 1. The molecule has 0 aliphatic heterocycles. The number of hydrogen-bond acceptors (Lipinski definition) is 6. The molecule has 0 aliphatic rings. The largest absolute Gasteiger partial charge is 0.480 e. The number of halogens is 4. The number of pyridine rings is 1. The van der Waals surface area contributed by atoms with Gasteiger partial charge in [-0.2, -0.15) is 17.9 Å². The molecule has 1 atom stereocenters. The first-order valence-corrected chi connectivity index (χ1v) is 10.9. The fourth-order valence-corrected chi connectivity index (χ4v) is 3.61. The lowest BCUT2D eigenvalue weighted by molar-refractivity contribution is -0.189. The summed E-state index contributed by atoms with van der Waals surface area (Å²) in [5, 5.41) is 14.0. The van der Waals surface area contributed by atoms with Gasteiger partial charge in [-0.1, -0.05) is 6.07 Å². The van der Waals surface area contributed by atoms with E-state index in [2.05, 4.69) is 10.1 Å². The predicted molar refractivity (Wildman–Crippen MR) is 122 cm³/mol. The fourth-order valence-electron chi connectivity index (χ4n) is 3.61. The Balaban J connectivity index is 1.94. The molecular weight excluding hydrogens is 484 g/mol. The van der Waals surface area contributed by atoms with E-state index in [4.69, 9.17) is 9.47 Å². The number of aryl methyl sites for hydroxylation is 1. The number of rotatable bonds is 7. The third-order valence-corrected chi connectivity index (χ3v) is 5.48. The number of hydrogen-bond donors (Lipinski definition) is 1. The first-order valence-electron chi connectivity index (χ1n) is 10.9. The Morgan fingerprint density at radius 3 is 2.53 bits per heavy atom. The number of fused-ring (bicyclic) bond motifs is 1. The van der Waals surface area contributed by atoms with Crippen molar-refractivity contribution in [2.45, 2.75) is 46.2 Å². The maximum Gasteiger partial charge on any atom is 0.425 e. The van der Waals surface area contributed by atoms with Gasteiger partial charge in [-0.25, -0.2) is 14.2 Å². The second kappa shape index (κ2) is 9.61. The van der Waals surface area contributed by atoms with E-state index in [1.54, 1.807) is 19.9 Å². The zero-order valence-corrected chi connectivity index (χ0v) is 19.5. The highest BCUT2D eigenvalue weighted by atomic mass is 19.4. The smallest absolute Gasteiger partial charge is 0.425 e. The molecule has 2 heterocycles. The summed E-state index contributed by atoms with van der Waals surface area (Å²) < 4.78 is 67.7. The zero-order chi connectivity index (χ0) is 26.2. The van der Waals surface area contributed by atoms with Gasteiger partial charge in [0, 0.05) is 18.8 Å². The monoisotopic (exact) mass is 506 g/mol. The van der Waals surface area contributed by atoms with Crippen molar-refractivity contribution in [3.8, 4) is 23.1 Å². The summed E-state index contributed by atoms with van der Waals surface area (Å²) in [5.41, 5.74) is 0.197. The number of benzene rings is 2. The molecule has 36 heavy (non-hydrogen) atoms. The van der Waals surface area contributed by atoms with Gasteiger partial charge in [0.25, 0.3) is 0 Å². The molecule has 0 amide bonds. The molecule has 1 N–H and O–H groups in total. The number of alkyl halides is 3. The third-order valence-electron chi connectivity index (χ3n) is 5.48. The Labute approximate surface area is 202 Å². The van der Waals surface area contributed by atoms with E-state index in [9.17, 15) is 27.5 Å². The van der Waals surface area contributed by atoms with Crippen LogP contribution < -0.4 is 15.2 Å². The molecule has 4 aromatic rings. The highest BCUT2D eigenvalue weighted by molar-refractivity contribution is 5.94. The van der Waals surface area contributed by atoms with E-state index >= 15 is 0 Å². The first-order chi connectivity index (χ1) is 17.0. The van der Waals surface area contributed by atoms with Crippen LogP contribution in [0.25, 0.3) is 16.5 Å². The molecule has 0 saturated heterocycles. The van der Waals surface area contributed by atoms with Crippen molar-refractivity contribution >= 4 is 10.8 Å². The highest BCUT2D eigenvalue weighted by Gasteiger charge is 2.38. The lowest BCUT2D eigenvalue weighted by Crippen LogP contribution is -2.31. The van der Waals surface area contributed by atoms with Gasteiger partial charge in [-0.3, -0.25) is 4.57 Å². The van der Waals surface area contributed by atoms with Crippen molar-refractivity contribution in [2.24, 2.45) is 0 Å². The zero-order valence-electron chi connectivity index (χ0n) is 19.5. The Morgan fingerprint density at radius 2 is 1.89 bits per heavy atom. The molecule has 1 unspecified atom stereocenters. The Hall–Kier alpha value is -3.93. The van der Waals surface area contributed by atoms with Crippen molar-refractivity contribution in [2.75, 3.05) is 0 Å². The van der Waals surface area contributed by atoms with E-state index < -0.39 is 30.4 Å². The number of ether oxygens (including phenoxy) is 2. The third kappa shape index (κ3) is 4.76. The van der Waals surface area contributed by atoms with Crippen LogP contribution in [0.4, 0.5) is 17.6 Å². The molecule has 12 heteroatoms. The van der Waals surface area contributed by atoms with Gasteiger partial charge < -0.3 is 14.6 Å². The molecule has 8 nitrogen and oxygen atoms in total. The maximum absolute atomic E-state index is 14.4. The van der Waals surface area contributed by atoms with Crippen LogP contribution in [-0.4, -0.2) is 36.7 Å². The molecule has 0 aliphatic carbocycles. The maximum atomic E-state index is 14.4. The van der Waals surface area contributed by atoms with Gasteiger partial charge in [0.15, 0.2) is 23.5 Å². The first kappa shape index (κ1) is 25.2. The fraction of sp³-hybridized carbons (Fsp3) is 0.292. The van der Waals surface area contributed by atoms with Gasteiger partial charge in [0.05, 0.1) is 11.1 Å².